The molecular formula is C13H19FN2OS. The zero-order valence-corrected chi connectivity index (χ0v) is 11.4. The predicted octanol–water partition coefficient (Wildman–Crippen LogP) is 2.03. The molecule has 0 saturated carbocycles. The van der Waals surface area contributed by atoms with Gasteiger partial charge in [-0.05, 0) is 30.8 Å². The Labute approximate surface area is 112 Å². The standard InChI is InChI=1S/C13H19FN2OS/c1-2-15-8-9-16-13(17)7-10-18-12-5-3-11(14)4-6-12/h3-6,15H,2,7-10H2,1H3,(H,16,17). The van der Waals surface area contributed by atoms with Crippen LogP contribution in [0.4, 0.5) is 4.39 Å². The summed E-state index contributed by atoms with van der Waals surface area (Å²) < 4.78 is 12.7. The molecule has 5 heteroatoms. The zero-order valence-electron chi connectivity index (χ0n) is 10.5. The molecule has 0 aliphatic carbocycles. The van der Waals surface area contributed by atoms with E-state index in [4.69, 9.17) is 0 Å². The van der Waals surface area contributed by atoms with Gasteiger partial charge in [-0.3, -0.25) is 4.79 Å². The van der Waals surface area contributed by atoms with Crippen LogP contribution in [0.3, 0.4) is 0 Å². The van der Waals surface area contributed by atoms with E-state index < -0.39 is 0 Å². The van der Waals surface area contributed by atoms with Gasteiger partial charge >= 0.3 is 0 Å². The van der Waals surface area contributed by atoms with Gasteiger partial charge in [0.15, 0.2) is 0 Å². The maximum absolute atomic E-state index is 12.7. The molecule has 0 fully saturated rings. The number of nitrogens with one attached hydrogen (secondary N) is 2. The van der Waals surface area contributed by atoms with Crippen LogP contribution >= 0.6 is 11.8 Å². The van der Waals surface area contributed by atoms with Crippen LogP contribution < -0.4 is 10.6 Å². The summed E-state index contributed by atoms with van der Waals surface area (Å²) in [5.41, 5.74) is 0. The van der Waals surface area contributed by atoms with E-state index in [0.29, 0.717) is 18.7 Å². The summed E-state index contributed by atoms with van der Waals surface area (Å²) in [5.74, 6) is 0.529. The Bertz CT molecular complexity index is 357. The monoisotopic (exact) mass is 270 g/mol. The Morgan fingerprint density at radius 2 is 2.00 bits per heavy atom. The van der Waals surface area contributed by atoms with Crippen molar-refractivity contribution in [2.75, 3.05) is 25.4 Å². The quantitative estimate of drug-likeness (QED) is 0.561. The Hall–Kier alpha value is -1.07. The molecular weight excluding hydrogens is 251 g/mol. The van der Waals surface area contributed by atoms with Crippen LogP contribution in [0.5, 0.6) is 0 Å². The van der Waals surface area contributed by atoms with Crippen molar-refractivity contribution in [1.82, 2.24) is 10.6 Å². The molecule has 100 valence electrons. The van der Waals surface area contributed by atoms with E-state index in [1.807, 2.05) is 6.92 Å². The highest BCUT2D eigenvalue weighted by Gasteiger charge is 2.01. The fourth-order valence-electron chi connectivity index (χ4n) is 1.35. The lowest BCUT2D eigenvalue weighted by Gasteiger charge is -2.05. The number of carbonyl (C=O) groups is 1. The summed E-state index contributed by atoms with van der Waals surface area (Å²) in [5, 5.41) is 5.97. The highest BCUT2D eigenvalue weighted by atomic mass is 32.2. The Balaban J connectivity index is 2.10. The highest BCUT2D eigenvalue weighted by Crippen LogP contribution is 2.18. The first-order valence-corrected chi connectivity index (χ1v) is 7.06. The first kappa shape index (κ1) is 15.0. The molecule has 18 heavy (non-hydrogen) atoms. The van der Waals surface area contributed by atoms with Gasteiger partial charge in [0, 0.05) is 30.2 Å². The van der Waals surface area contributed by atoms with Crippen LogP contribution in [-0.4, -0.2) is 31.3 Å². The average molecular weight is 270 g/mol. The van der Waals surface area contributed by atoms with Gasteiger partial charge in [-0.25, -0.2) is 4.39 Å². The normalized spacial score (nSPS) is 10.3. The molecule has 0 bridgehead atoms. The van der Waals surface area contributed by atoms with Crippen molar-refractivity contribution < 1.29 is 9.18 Å². The molecule has 0 spiro atoms. The van der Waals surface area contributed by atoms with Gasteiger partial charge in [-0.1, -0.05) is 6.92 Å². The van der Waals surface area contributed by atoms with Crippen LogP contribution in [0, 0.1) is 5.82 Å². The number of thioether (sulfide) groups is 1. The SMILES string of the molecule is CCNCCNC(=O)CCSc1ccc(F)cc1. The number of carbonyl (C=O) groups excluding carboxylic acids is 1. The first-order valence-electron chi connectivity index (χ1n) is 6.08. The van der Waals surface area contributed by atoms with Crippen LogP contribution in [0.15, 0.2) is 29.2 Å². The summed E-state index contributed by atoms with van der Waals surface area (Å²) in [4.78, 5) is 12.4. The number of benzene rings is 1. The number of halogens is 1. The lowest BCUT2D eigenvalue weighted by Crippen LogP contribution is -2.31. The Morgan fingerprint density at radius 3 is 2.67 bits per heavy atom. The van der Waals surface area contributed by atoms with Gasteiger partial charge in [-0.2, -0.15) is 0 Å². The second-order valence-corrected chi connectivity index (χ2v) is 4.92. The minimum atomic E-state index is -0.236. The number of rotatable bonds is 8. The molecule has 0 aliphatic rings. The molecule has 0 heterocycles. The maximum Gasteiger partial charge on any atom is 0.220 e. The Kier molecular flexibility index (Phi) is 7.44. The van der Waals surface area contributed by atoms with Crippen LogP contribution in [-0.2, 0) is 4.79 Å². The summed E-state index contributed by atoms with van der Waals surface area (Å²) in [6.07, 6.45) is 0.480. The van der Waals surface area contributed by atoms with Gasteiger partial charge in [0.2, 0.25) is 5.91 Å². The number of hydrogen-bond donors (Lipinski definition) is 2. The van der Waals surface area contributed by atoms with E-state index in [0.717, 1.165) is 18.0 Å². The van der Waals surface area contributed by atoms with Gasteiger partial charge in [0.25, 0.3) is 0 Å². The molecule has 0 saturated heterocycles. The number of likely N-dealkylation sites (N-methyl/N-ethyl adjacent to an activating group) is 1. The largest absolute Gasteiger partial charge is 0.355 e. The summed E-state index contributed by atoms with van der Waals surface area (Å²) in [7, 11) is 0. The van der Waals surface area contributed by atoms with E-state index in [1.165, 1.54) is 12.1 Å². The van der Waals surface area contributed by atoms with Crippen molar-refractivity contribution in [3.8, 4) is 0 Å². The van der Waals surface area contributed by atoms with Gasteiger partial charge < -0.3 is 10.6 Å². The predicted molar refractivity (Wildman–Crippen MR) is 73.3 cm³/mol. The lowest BCUT2D eigenvalue weighted by atomic mass is 10.4. The van der Waals surface area contributed by atoms with Gasteiger partial charge in [-0.15, -0.1) is 11.8 Å². The topological polar surface area (TPSA) is 41.1 Å². The van der Waals surface area contributed by atoms with Crippen molar-refractivity contribution in [3.05, 3.63) is 30.1 Å². The minimum Gasteiger partial charge on any atom is -0.355 e. The highest BCUT2D eigenvalue weighted by molar-refractivity contribution is 7.99. The molecule has 2 N–H and O–H groups in total. The third kappa shape index (κ3) is 6.61. The summed E-state index contributed by atoms with van der Waals surface area (Å²) in [6.45, 7) is 4.40. The molecule has 0 aliphatic heterocycles. The minimum absolute atomic E-state index is 0.0579. The van der Waals surface area contributed by atoms with Crippen LogP contribution in [0.2, 0.25) is 0 Å². The fraction of sp³-hybridized carbons (Fsp3) is 0.462. The molecule has 0 atom stereocenters. The molecule has 0 aromatic heterocycles. The third-order valence-electron chi connectivity index (χ3n) is 2.29. The molecule has 0 radical (unpaired) electrons. The zero-order chi connectivity index (χ0) is 13.2. The van der Waals surface area contributed by atoms with E-state index in [1.54, 1.807) is 23.9 Å². The van der Waals surface area contributed by atoms with Gasteiger partial charge in [0.05, 0.1) is 0 Å². The second kappa shape index (κ2) is 8.94. The number of hydrogen-bond acceptors (Lipinski definition) is 3. The van der Waals surface area contributed by atoms with Crippen molar-refractivity contribution >= 4 is 17.7 Å². The van der Waals surface area contributed by atoms with Gasteiger partial charge in [0.1, 0.15) is 5.82 Å². The summed E-state index contributed by atoms with van der Waals surface area (Å²) in [6, 6.07) is 6.31. The van der Waals surface area contributed by atoms with Crippen molar-refractivity contribution in [3.63, 3.8) is 0 Å². The maximum atomic E-state index is 12.7. The molecule has 1 rings (SSSR count). The molecule has 1 amide bonds. The Morgan fingerprint density at radius 1 is 1.28 bits per heavy atom. The fourth-order valence-corrected chi connectivity index (χ4v) is 2.20. The summed E-state index contributed by atoms with van der Waals surface area (Å²) >= 11 is 1.56. The average Bonchev–Trinajstić information content (AvgIpc) is 2.37. The van der Waals surface area contributed by atoms with E-state index >= 15 is 0 Å². The third-order valence-corrected chi connectivity index (χ3v) is 3.30. The lowest BCUT2D eigenvalue weighted by molar-refractivity contribution is -0.120. The first-order chi connectivity index (χ1) is 8.72. The molecule has 1 aromatic carbocycles. The van der Waals surface area contributed by atoms with Crippen LogP contribution in [0.25, 0.3) is 0 Å². The van der Waals surface area contributed by atoms with Crippen molar-refractivity contribution in [1.29, 1.82) is 0 Å². The van der Waals surface area contributed by atoms with E-state index in [9.17, 15) is 9.18 Å². The van der Waals surface area contributed by atoms with E-state index in [2.05, 4.69) is 10.6 Å². The van der Waals surface area contributed by atoms with Crippen molar-refractivity contribution in [2.24, 2.45) is 0 Å². The molecule has 3 nitrogen and oxygen atoms in total. The van der Waals surface area contributed by atoms with Crippen molar-refractivity contribution in [2.45, 2.75) is 18.2 Å². The second-order valence-electron chi connectivity index (χ2n) is 3.76. The number of amides is 1. The smallest absolute Gasteiger partial charge is 0.220 e. The molecule has 0 unspecified atom stereocenters. The van der Waals surface area contributed by atoms with E-state index in [-0.39, 0.29) is 11.7 Å². The molecule has 1 aromatic rings. The van der Waals surface area contributed by atoms with Crippen LogP contribution in [0.1, 0.15) is 13.3 Å².